The van der Waals surface area contributed by atoms with Gasteiger partial charge in [0.25, 0.3) is 0 Å². The lowest BCUT2D eigenvalue weighted by Crippen LogP contribution is -2.44. The summed E-state index contributed by atoms with van der Waals surface area (Å²) in [5.74, 6) is 1.33. The Bertz CT molecular complexity index is 866. The maximum absolute atomic E-state index is 12.5. The summed E-state index contributed by atoms with van der Waals surface area (Å²) in [5.41, 5.74) is 2.98. The second kappa shape index (κ2) is 9.23. The van der Waals surface area contributed by atoms with Gasteiger partial charge in [-0.3, -0.25) is 4.90 Å². The van der Waals surface area contributed by atoms with Crippen LogP contribution < -0.4 is 25.0 Å². The average Bonchev–Trinajstić information content (AvgIpc) is 3.23. The first kappa shape index (κ1) is 20.3. The molecule has 1 unspecified atom stereocenters. The van der Waals surface area contributed by atoms with Crippen molar-refractivity contribution in [1.29, 1.82) is 0 Å². The molecule has 0 aromatic heterocycles. The first-order chi connectivity index (χ1) is 14.6. The molecule has 0 spiro atoms. The molecule has 8 heteroatoms. The Morgan fingerprint density at radius 3 is 2.53 bits per heavy atom. The van der Waals surface area contributed by atoms with E-state index >= 15 is 0 Å². The number of amides is 2. The number of nitrogens with one attached hydrogen (secondary N) is 2. The van der Waals surface area contributed by atoms with Gasteiger partial charge in [0.1, 0.15) is 0 Å². The van der Waals surface area contributed by atoms with Crippen molar-refractivity contribution in [2.45, 2.75) is 6.04 Å². The predicted molar refractivity (Wildman–Crippen MR) is 115 cm³/mol. The third-order valence-corrected chi connectivity index (χ3v) is 5.37. The van der Waals surface area contributed by atoms with Gasteiger partial charge in [0, 0.05) is 51.2 Å². The zero-order chi connectivity index (χ0) is 20.9. The monoisotopic (exact) mass is 412 g/mol. The van der Waals surface area contributed by atoms with Gasteiger partial charge < -0.3 is 29.7 Å². The Morgan fingerprint density at radius 1 is 1.07 bits per heavy atom. The van der Waals surface area contributed by atoms with Crippen molar-refractivity contribution in [2.24, 2.45) is 0 Å². The van der Waals surface area contributed by atoms with Crippen LogP contribution in [-0.2, 0) is 4.74 Å². The van der Waals surface area contributed by atoms with E-state index in [1.54, 1.807) is 18.2 Å². The summed E-state index contributed by atoms with van der Waals surface area (Å²) in [4.78, 5) is 17.0. The normalized spacial score (nSPS) is 16.7. The molecular weight excluding hydrogens is 384 g/mol. The van der Waals surface area contributed by atoms with Gasteiger partial charge in [0.2, 0.25) is 6.79 Å². The third-order valence-electron chi connectivity index (χ3n) is 5.37. The number of ether oxygens (including phenoxy) is 3. The highest BCUT2D eigenvalue weighted by Crippen LogP contribution is 2.34. The lowest BCUT2D eigenvalue weighted by molar-refractivity contribution is 0.0168. The van der Waals surface area contributed by atoms with Crippen LogP contribution in [0.4, 0.5) is 16.2 Å². The minimum atomic E-state index is -0.253. The zero-order valence-electron chi connectivity index (χ0n) is 17.4. The molecule has 160 valence electrons. The lowest BCUT2D eigenvalue weighted by Gasteiger charge is -2.35. The number of nitrogens with zero attached hydrogens (tertiary/aromatic N) is 2. The van der Waals surface area contributed by atoms with Gasteiger partial charge in [-0.05, 0) is 29.8 Å². The van der Waals surface area contributed by atoms with E-state index in [2.05, 4.69) is 44.7 Å². The third kappa shape index (κ3) is 4.77. The zero-order valence-corrected chi connectivity index (χ0v) is 17.4. The highest BCUT2D eigenvalue weighted by Gasteiger charge is 2.23. The Morgan fingerprint density at radius 2 is 1.80 bits per heavy atom. The van der Waals surface area contributed by atoms with Crippen LogP contribution >= 0.6 is 0 Å². The lowest BCUT2D eigenvalue weighted by atomic mass is 10.0. The number of benzene rings is 2. The quantitative estimate of drug-likeness (QED) is 0.760. The smallest absolute Gasteiger partial charge is 0.319 e. The maximum Gasteiger partial charge on any atom is 0.319 e. The van der Waals surface area contributed by atoms with Crippen molar-refractivity contribution < 1.29 is 19.0 Å². The summed E-state index contributed by atoms with van der Waals surface area (Å²) in [6.07, 6.45) is 0. The number of urea groups is 1. The van der Waals surface area contributed by atoms with Gasteiger partial charge >= 0.3 is 6.03 Å². The number of carbonyl (C=O) groups excluding carboxylic acids is 1. The van der Waals surface area contributed by atoms with Crippen LogP contribution in [0.1, 0.15) is 11.6 Å². The Kier molecular flexibility index (Phi) is 6.25. The van der Waals surface area contributed by atoms with Crippen molar-refractivity contribution >= 4 is 17.4 Å². The van der Waals surface area contributed by atoms with Crippen LogP contribution in [-0.4, -0.2) is 64.7 Å². The number of anilines is 2. The van der Waals surface area contributed by atoms with Crippen LogP contribution in [0.3, 0.4) is 0 Å². The molecule has 2 aliphatic heterocycles. The minimum absolute atomic E-state index is 0.0765. The fourth-order valence-electron chi connectivity index (χ4n) is 3.68. The SMILES string of the molecule is CN(C)c1ccc(C(CNC(=O)Nc2ccc3c(c2)OCO3)N2CCOCC2)cc1. The van der Waals surface area contributed by atoms with Crippen molar-refractivity contribution in [2.75, 3.05) is 64.0 Å². The predicted octanol–water partition coefficient (Wildman–Crippen LogP) is 2.68. The fraction of sp³-hybridized carbons (Fsp3) is 0.409. The van der Waals surface area contributed by atoms with Crippen LogP contribution in [0.15, 0.2) is 42.5 Å². The molecule has 2 aromatic rings. The molecule has 1 saturated heterocycles. The summed E-state index contributed by atoms with van der Waals surface area (Å²) < 4.78 is 16.2. The van der Waals surface area contributed by atoms with Gasteiger partial charge in [0.05, 0.1) is 19.3 Å². The molecule has 2 aromatic carbocycles. The summed E-state index contributed by atoms with van der Waals surface area (Å²) in [6, 6.07) is 13.7. The van der Waals surface area contributed by atoms with E-state index < -0.39 is 0 Å². The van der Waals surface area contributed by atoms with Crippen LogP contribution in [0.2, 0.25) is 0 Å². The number of hydrogen-bond donors (Lipinski definition) is 2. The van der Waals surface area contributed by atoms with Gasteiger partial charge in [-0.1, -0.05) is 12.1 Å². The molecule has 1 atom stereocenters. The van der Waals surface area contributed by atoms with Crippen molar-refractivity contribution in [3.05, 3.63) is 48.0 Å². The highest BCUT2D eigenvalue weighted by atomic mass is 16.7. The number of rotatable bonds is 6. The Balaban J connectivity index is 1.41. The summed E-state index contributed by atoms with van der Waals surface area (Å²) >= 11 is 0. The molecule has 8 nitrogen and oxygen atoms in total. The number of hydrogen-bond acceptors (Lipinski definition) is 6. The summed E-state index contributed by atoms with van der Waals surface area (Å²) in [6.45, 7) is 3.79. The molecule has 0 bridgehead atoms. The summed E-state index contributed by atoms with van der Waals surface area (Å²) in [5, 5.41) is 5.89. The molecule has 30 heavy (non-hydrogen) atoms. The van der Waals surface area contributed by atoms with Gasteiger partial charge in [-0.25, -0.2) is 4.79 Å². The maximum atomic E-state index is 12.5. The van der Waals surface area contributed by atoms with Crippen molar-refractivity contribution in [3.8, 4) is 11.5 Å². The number of carbonyl (C=O) groups is 1. The highest BCUT2D eigenvalue weighted by molar-refractivity contribution is 5.89. The number of morpholine rings is 1. The van der Waals surface area contributed by atoms with Gasteiger partial charge in [0.15, 0.2) is 11.5 Å². The molecule has 0 radical (unpaired) electrons. The van der Waals surface area contributed by atoms with Crippen molar-refractivity contribution in [3.63, 3.8) is 0 Å². The van der Waals surface area contributed by atoms with Crippen LogP contribution in [0.5, 0.6) is 11.5 Å². The van der Waals surface area contributed by atoms with Crippen LogP contribution in [0.25, 0.3) is 0 Å². The summed E-state index contributed by atoms with van der Waals surface area (Å²) in [7, 11) is 4.05. The molecule has 2 N–H and O–H groups in total. The molecule has 2 aliphatic rings. The molecule has 2 amide bonds. The van der Waals surface area contributed by atoms with Gasteiger partial charge in [-0.2, -0.15) is 0 Å². The van der Waals surface area contributed by atoms with E-state index in [0.29, 0.717) is 36.9 Å². The Hall–Kier alpha value is -2.97. The van der Waals surface area contributed by atoms with Gasteiger partial charge in [-0.15, -0.1) is 0 Å². The molecule has 0 aliphatic carbocycles. The first-order valence-corrected chi connectivity index (χ1v) is 10.1. The van der Waals surface area contributed by atoms with E-state index in [1.165, 1.54) is 5.56 Å². The number of fused-ring (bicyclic) bond motifs is 1. The average molecular weight is 412 g/mol. The minimum Gasteiger partial charge on any atom is -0.454 e. The van der Waals surface area contributed by atoms with Crippen molar-refractivity contribution in [1.82, 2.24) is 10.2 Å². The van der Waals surface area contributed by atoms with E-state index in [0.717, 1.165) is 18.8 Å². The fourth-order valence-corrected chi connectivity index (χ4v) is 3.68. The molecule has 1 fully saturated rings. The van der Waals surface area contributed by atoms with E-state index in [4.69, 9.17) is 14.2 Å². The molecule has 2 heterocycles. The second-order valence-corrected chi connectivity index (χ2v) is 7.55. The van der Waals surface area contributed by atoms with E-state index in [-0.39, 0.29) is 18.9 Å². The second-order valence-electron chi connectivity index (χ2n) is 7.55. The standard InChI is InChI=1S/C22H28N4O4/c1-25(2)18-6-3-16(4-7-18)19(26-9-11-28-12-10-26)14-23-22(27)24-17-5-8-20-21(13-17)30-15-29-20/h3-8,13,19H,9-12,14-15H2,1-2H3,(H2,23,24,27). The Labute approximate surface area is 176 Å². The van der Waals surface area contributed by atoms with E-state index in [9.17, 15) is 4.79 Å². The topological polar surface area (TPSA) is 75.3 Å². The first-order valence-electron chi connectivity index (χ1n) is 10.1. The molecular formula is C22H28N4O4. The largest absolute Gasteiger partial charge is 0.454 e. The van der Waals surface area contributed by atoms with E-state index in [1.807, 2.05) is 14.1 Å². The molecule has 4 rings (SSSR count). The molecule has 0 saturated carbocycles. The van der Waals surface area contributed by atoms with Crippen LogP contribution in [0, 0.1) is 0 Å².